The lowest BCUT2D eigenvalue weighted by Crippen LogP contribution is -2.28. The van der Waals surface area contributed by atoms with E-state index in [1.165, 1.54) is 21.9 Å². The van der Waals surface area contributed by atoms with Gasteiger partial charge in [-0.3, -0.25) is 4.99 Å². The summed E-state index contributed by atoms with van der Waals surface area (Å²) in [6.45, 7) is 6.09. The minimum absolute atomic E-state index is 0.529. The number of aromatic nitrogens is 1. The van der Waals surface area contributed by atoms with Crippen LogP contribution in [0, 0.1) is 6.92 Å². The third-order valence-electron chi connectivity index (χ3n) is 4.95. The predicted molar refractivity (Wildman–Crippen MR) is 111 cm³/mol. The Balaban J connectivity index is 1.53. The molecule has 4 rings (SSSR count). The van der Waals surface area contributed by atoms with Crippen molar-refractivity contribution in [3.05, 3.63) is 81.6 Å². The van der Waals surface area contributed by atoms with Crippen LogP contribution in [0.3, 0.4) is 0 Å². The van der Waals surface area contributed by atoms with E-state index in [0.29, 0.717) is 13.2 Å². The van der Waals surface area contributed by atoms with Gasteiger partial charge in [0, 0.05) is 18.0 Å². The third kappa shape index (κ3) is 4.11. The molecule has 1 N–H and O–H groups in total. The third-order valence-corrected chi connectivity index (χ3v) is 4.95. The fourth-order valence-corrected chi connectivity index (χ4v) is 3.47. The monoisotopic (exact) mass is 374 g/mol. The molecule has 0 saturated heterocycles. The molecule has 1 aromatic heterocycles. The van der Waals surface area contributed by atoms with E-state index in [1.807, 2.05) is 13.0 Å². The van der Waals surface area contributed by atoms with Crippen molar-refractivity contribution >= 4 is 6.08 Å². The van der Waals surface area contributed by atoms with Gasteiger partial charge in [0.2, 0.25) is 0 Å². The molecule has 0 bridgehead atoms. The summed E-state index contributed by atoms with van der Waals surface area (Å²) in [5.74, 6) is 1.58. The zero-order valence-corrected chi connectivity index (χ0v) is 16.5. The van der Waals surface area contributed by atoms with Crippen molar-refractivity contribution in [1.29, 1.82) is 0 Å². The van der Waals surface area contributed by atoms with E-state index in [2.05, 4.69) is 65.6 Å². The molecule has 4 heteroatoms. The fraction of sp³-hybridized carbons (Fsp3) is 0.292. The summed E-state index contributed by atoms with van der Waals surface area (Å²) in [4.78, 5) is 7.83. The number of benzene rings is 2. The average molecular weight is 374 g/mol. The Hall–Kier alpha value is -3.01. The number of nitrogens with one attached hydrogen (secondary N) is 1. The zero-order valence-electron chi connectivity index (χ0n) is 16.5. The molecule has 144 valence electrons. The first-order valence-corrected chi connectivity index (χ1v) is 9.88. The second kappa shape index (κ2) is 8.34. The van der Waals surface area contributed by atoms with E-state index < -0.39 is 0 Å². The van der Waals surface area contributed by atoms with Crippen LogP contribution in [-0.4, -0.2) is 18.1 Å². The van der Waals surface area contributed by atoms with Crippen molar-refractivity contribution in [2.45, 2.75) is 33.3 Å². The number of rotatable bonds is 7. The zero-order chi connectivity index (χ0) is 19.3. The highest BCUT2D eigenvalue weighted by Gasteiger charge is 2.10. The smallest absolute Gasteiger partial charge is 0.161 e. The lowest BCUT2D eigenvalue weighted by molar-refractivity contribution is 0.269. The van der Waals surface area contributed by atoms with Gasteiger partial charge in [0.25, 0.3) is 0 Å². The lowest BCUT2D eigenvalue weighted by atomic mass is 10.0. The maximum absolute atomic E-state index is 6.04. The van der Waals surface area contributed by atoms with Gasteiger partial charge in [-0.2, -0.15) is 0 Å². The van der Waals surface area contributed by atoms with Crippen LogP contribution in [0.4, 0.5) is 0 Å². The van der Waals surface area contributed by atoms with E-state index >= 15 is 0 Å². The Bertz CT molecular complexity index is 1060. The number of nitrogens with zero attached hydrogens (tertiary/aromatic N) is 1. The van der Waals surface area contributed by atoms with Gasteiger partial charge in [0.1, 0.15) is 12.1 Å². The standard InChI is InChI=1S/C24H26N2O2/c1-3-27-23-14-19(13-20-15-26-24-21(20)5-4-12-25-24)10-11-22(23)28-16-18-8-6-17(2)7-9-18/h5-11,14-15H,3-4,12-13,16H2,1-2H3,(H,25,26). The van der Waals surface area contributed by atoms with Gasteiger partial charge >= 0.3 is 0 Å². The average Bonchev–Trinajstić information content (AvgIpc) is 3.12. The van der Waals surface area contributed by atoms with Crippen molar-refractivity contribution in [2.75, 3.05) is 13.2 Å². The molecule has 1 aliphatic heterocycles. The van der Waals surface area contributed by atoms with Crippen molar-refractivity contribution in [1.82, 2.24) is 4.98 Å². The van der Waals surface area contributed by atoms with Crippen LogP contribution in [0.25, 0.3) is 6.08 Å². The van der Waals surface area contributed by atoms with Crippen LogP contribution in [0.2, 0.25) is 0 Å². The number of hydrogen-bond donors (Lipinski definition) is 1. The van der Waals surface area contributed by atoms with Gasteiger partial charge in [-0.15, -0.1) is 0 Å². The molecule has 0 aliphatic carbocycles. The normalized spacial score (nSPS) is 12.6. The Kier molecular flexibility index (Phi) is 5.47. The van der Waals surface area contributed by atoms with Crippen LogP contribution in [0.5, 0.6) is 11.5 Å². The molecule has 0 atom stereocenters. The highest BCUT2D eigenvalue weighted by atomic mass is 16.5. The molecule has 4 nitrogen and oxygen atoms in total. The quantitative estimate of drug-likeness (QED) is 0.685. The Labute approximate surface area is 165 Å². The van der Waals surface area contributed by atoms with E-state index in [1.54, 1.807) is 0 Å². The van der Waals surface area contributed by atoms with Crippen LogP contribution in [0.15, 0.2) is 53.7 Å². The highest BCUT2D eigenvalue weighted by Crippen LogP contribution is 2.30. The van der Waals surface area contributed by atoms with Gasteiger partial charge in [0.15, 0.2) is 11.5 Å². The molecule has 0 unspecified atom stereocenters. The Morgan fingerprint density at radius 1 is 1.00 bits per heavy atom. The van der Waals surface area contributed by atoms with Crippen LogP contribution in [0.1, 0.15) is 35.6 Å². The topological polar surface area (TPSA) is 46.6 Å². The van der Waals surface area contributed by atoms with Crippen LogP contribution in [-0.2, 0) is 13.0 Å². The Morgan fingerprint density at radius 3 is 2.64 bits per heavy atom. The summed E-state index contributed by atoms with van der Waals surface area (Å²) < 4.78 is 11.9. The van der Waals surface area contributed by atoms with E-state index in [-0.39, 0.29) is 0 Å². The minimum atomic E-state index is 0.529. The molecule has 3 aromatic rings. The molecular formula is C24H26N2O2. The summed E-state index contributed by atoms with van der Waals surface area (Å²) in [5.41, 5.74) is 5.88. The largest absolute Gasteiger partial charge is 0.490 e. The molecule has 0 radical (unpaired) electrons. The SMILES string of the molecule is CCOc1cc(Cc2c[nH]c3c2=CCCN=3)ccc1OCc1ccc(C)cc1. The fourth-order valence-electron chi connectivity index (χ4n) is 3.47. The summed E-state index contributed by atoms with van der Waals surface area (Å²) in [7, 11) is 0. The van der Waals surface area contributed by atoms with Crippen LogP contribution >= 0.6 is 0 Å². The number of H-pyrrole nitrogens is 1. The molecule has 0 saturated carbocycles. The number of hydrogen-bond acceptors (Lipinski definition) is 3. The van der Waals surface area contributed by atoms with Gasteiger partial charge in [-0.25, -0.2) is 0 Å². The number of ether oxygens (including phenoxy) is 2. The number of aryl methyl sites for hydroxylation is 1. The summed E-state index contributed by atoms with van der Waals surface area (Å²) in [6.07, 6.45) is 6.19. The second-order valence-electron chi connectivity index (χ2n) is 7.12. The Morgan fingerprint density at radius 2 is 1.82 bits per heavy atom. The first-order chi connectivity index (χ1) is 13.7. The van der Waals surface area contributed by atoms with Crippen molar-refractivity contribution < 1.29 is 9.47 Å². The first kappa shape index (κ1) is 18.4. The highest BCUT2D eigenvalue weighted by molar-refractivity contribution is 5.45. The van der Waals surface area contributed by atoms with E-state index in [4.69, 9.17) is 9.47 Å². The lowest BCUT2D eigenvalue weighted by Gasteiger charge is -2.14. The molecule has 28 heavy (non-hydrogen) atoms. The van der Waals surface area contributed by atoms with E-state index in [9.17, 15) is 0 Å². The first-order valence-electron chi connectivity index (χ1n) is 9.88. The number of aromatic amines is 1. The van der Waals surface area contributed by atoms with Gasteiger partial charge in [-0.05, 0) is 55.5 Å². The molecule has 2 aromatic carbocycles. The minimum Gasteiger partial charge on any atom is -0.490 e. The molecule has 0 amide bonds. The van der Waals surface area contributed by atoms with Gasteiger partial charge in [0.05, 0.1) is 6.61 Å². The van der Waals surface area contributed by atoms with Gasteiger partial charge in [-0.1, -0.05) is 42.0 Å². The molecular weight excluding hydrogens is 348 g/mol. The molecule has 0 spiro atoms. The predicted octanol–water partition coefficient (Wildman–Crippen LogP) is 3.70. The molecule has 0 fully saturated rings. The van der Waals surface area contributed by atoms with Crippen molar-refractivity contribution in [2.24, 2.45) is 4.99 Å². The van der Waals surface area contributed by atoms with Crippen LogP contribution < -0.4 is 20.2 Å². The molecule has 1 aliphatic rings. The molecule has 2 heterocycles. The number of fused-ring (bicyclic) bond motifs is 1. The summed E-state index contributed by atoms with van der Waals surface area (Å²) >= 11 is 0. The maximum Gasteiger partial charge on any atom is 0.161 e. The van der Waals surface area contributed by atoms with E-state index in [0.717, 1.165) is 41.9 Å². The maximum atomic E-state index is 6.04. The van der Waals surface area contributed by atoms with Crippen molar-refractivity contribution in [3.8, 4) is 11.5 Å². The summed E-state index contributed by atoms with van der Waals surface area (Å²) in [6, 6.07) is 14.6. The summed E-state index contributed by atoms with van der Waals surface area (Å²) in [5, 5.41) is 1.24. The van der Waals surface area contributed by atoms with Crippen molar-refractivity contribution in [3.63, 3.8) is 0 Å². The van der Waals surface area contributed by atoms with Gasteiger partial charge < -0.3 is 14.5 Å². The second-order valence-corrected chi connectivity index (χ2v) is 7.12.